The fourth-order valence-corrected chi connectivity index (χ4v) is 1.72. The number of carbonyl (C=O) groups excluding carboxylic acids is 2. The van der Waals surface area contributed by atoms with Crippen molar-refractivity contribution in [2.24, 2.45) is 0 Å². The third-order valence-corrected chi connectivity index (χ3v) is 2.90. The van der Waals surface area contributed by atoms with Crippen molar-refractivity contribution in [2.75, 3.05) is 7.11 Å². The van der Waals surface area contributed by atoms with E-state index in [0.29, 0.717) is 0 Å². The molecule has 0 aliphatic rings. The van der Waals surface area contributed by atoms with E-state index in [4.69, 9.17) is 0 Å². The van der Waals surface area contributed by atoms with Crippen LogP contribution < -0.4 is 4.74 Å². The molecule has 2 aromatic rings. The van der Waals surface area contributed by atoms with Gasteiger partial charge < -0.3 is 9.47 Å². The van der Waals surface area contributed by atoms with Gasteiger partial charge in [0.1, 0.15) is 11.3 Å². The Labute approximate surface area is 131 Å². The number of esters is 2. The van der Waals surface area contributed by atoms with Crippen molar-refractivity contribution in [3.63, 3.8) is 0 Å². The highest BCUT2D eigenvalue weighted by atomic mass is 19.2. The van der Waals surface area contributed by atoms with E-state index in [-0.39, 0.29) is 11.3 Å². The Balaban J connectivity index is 2.33. The predicted octanol–water partition coefficient (Wildman–Crippen LogP) is 3.39. The fraction of sp³-hybridized carbons (Fsp3) is 0.0667. The summed E-state index contributed by atoms with van der Waals surface area (Å²) in [4.78, 5) is 22.9. The van der Waals surface area contributed by atoms with E-state index in [1.165, 1.54) is 12.1 Å². The highest BCUT2D eigenvalue weighted by molar-refractivity contribution is 5.92. The van der Waals surface area contributed by atoms with Crippen LogP contribution >= 0.6 is 0 Å². The van der Waals surface area contributed by atoms with Gasteiger partial charge in [0, 0.05) is 0 Å². The van der Waals surface area contributed by atoms with Crippen LogP contribution in [0.2, 0.25) is 0 Å². The van der Waals surface area contributed by atoms with E-state index in [1.807, 2.05) is 0 Å². The molecule has 0 fully saturated rings. The normalized spacial score (nSPS) is 10.4. The summed E-state index contributed by atoms with van der Waals surface area (Å²) in [6.45, 7) is 0. The predicted molar refractivity (Wildman–Crippen MR) is 69.0 cm³/mol. The summed E-state index contributed by atoms with van der Waals surface area (Å²) in [6.07, 6.45) is 0. The van der Waals surface area contributed by atoms with Crippen molar-refractivity contribution in [3.8, 4) is 5.75 Å². The molecular formula is C15H7F5O4. The van der Waals surface area contributed by atoms with E-state index in [1.54, 1.807) is 0 Å². The van der Waals surface area contributed by atoms with Crippen molar-refractivity contribution in [3.05, 3.63) is 64.5 Å². The minimum absolute atomic E-state index is 0.0912. The van der Waals surface area contributed by atoms with Crippen molar-refractivity contribution >= 4 is 11.9 Å². The smallest absolute Gasteiger partial charge is 0.349 e. The van der Waals surface area contributed by atoms with Crippen molar-refractivity contribution < 1.29 is 41.0 Å². The number of methoxy groups -OCH3 is 1. The number of rotatable bonds is 3. The molecule has 0 N–H and O–H groups in total. The quantitative estimate of drug-likeness (QED) is 0.281. The molecule has 126 valence electrons. The number of hydrogen-bond acceptors (Lipinski definition) is 4. The van der Waals surface area contributed by atoms with E-state index in [2.05, 4.69) is 9.47 Å². The van der Waals surface area contributed by atoms with Crippen LogP contribution in [0.15, 0.2) is 24.3 Å². The zero-order chi connectivity index (χ0) is 18.0. The van der Waals surface area contributed by atoms with Crippen LogP contribution in [0.5, 0.6) is 5.75 Å². The van der Waals surface area contributed by atoms with Gasteiger partial charge in [-0.15, -0.1) is 0 Å². The topological polar surface area (TPSA) is 52.6 Å². The third-order valence-electron chi connectivity index (χ3n) is 2.90. The molecule has 0 heterocycles. The lowest BCUT2D eigenvalue weighted by Crippen LogP contribution is -2.17. The molecule has 0 radical (unpaired) electrons. The summed E-state index contributed by atoms with van der Waals surface area (Å²) in [6, 6.07) is 4.51. The lowest BCUT2D eigenvalue weighted by Gasteiger charge is -2.08. The maximum absolute atomic E-state index is 13.5. The summed E-state index contributed by atoms with van der Waals surface area (Å²) in [5.41, 5.74) is -1.63. The SMILES string of the molecule is COC(=O)c1ccc(OC(=O)c2c(F)c(F)c(F)c(F)c2F)cc1. The highest BCUT2D eigenvalue weighted by Crippen LogP contribution is 2.24. The maximum atomic E-state index is 13.5. The van der Waals surface area contributed by atoms with E-state index in [0.717, 1.165) is 19.2 Å². The van der Waals surface area contributed by atoms with Gasteiger partial charge in [-0.05, 0) is 24.3 Å². The van der Waals surface area contributed by atoms with Crippen LogP contribution in [0.4, 0.5) is 22.0 Å². The second-order valence-electron chi connectivity index (χ2n) is 4.35. The summed E-state index contributed by atoms with van der Waals surface area (Å²) < 4.78 is 75.0. The second-order valence-corrected chi connectivity index (χ2v) is 4.35. The highest BCUT2D eigenvalue weighted by Gasteiger charge is 2.31. The summed E-state index contributed by atoms with van der Waals surface area (Å²) in [5, 5.41) is 0. The Morgan fingerprint density at radius 1 is 0.750 bits per heavy atom. The first-order valence-electron chi connectivity index (χ1n) is 6.20. The van der Waals surface area contributed by atoms with Gasteiger partial charge >= 0.3 is 11.9 Å². The van der Waals surface area contributed by atoms with Gasteiger partial charge in [0.05, 0.1) is 12.7 Å². The van der Waals surface area contributed by atoms with Gasteiger partial charge in [-0.1, -0.05) is 0 Å². The Morgan fingerprint density at radius 2 is 1.21 bits per heavy atom. The van der Waals surface area contributed by atoms with Gasteiger partial charge in [0.15, 0.2) is 23.3 Å². The molecule has 0 aromatic heterocycles. The molecule has 0 bridgehead atoms. The molecule has 4 nitrogen and oxygen atoms in total. The summed E-state index contributed by atoms with van der Waals surface area (Å²) in [5.74, 6) is -14.3. The molecule has 2 aromatic carbocycles. The van der Waals surface area contributed by atoms with Crippen LogP contribution in [-0.2, 0) is 4.74 Å². The molecular weight excluding hydrogens is 339 g/mol. The molecule has 0 atom stereocenters. The average Bonchev–Trinajstić information content (AvgIpc) is 2.58. The van der Waals surface area contributed by atoms with Crippen molar-refractivity contribution in [1.29, 1.82) is 0 Å². The zero-order valence-corrected chi connectivity index (χ0v) is 11.8. The number of carbonyl (C=O) groups is 2. The lowest BCUT2D eigenvalue weighted by molar-refractivity contribution is 0.0600. The Bertz CT molecular complexity index is 789. The van der Waals surface area contributed by atoms with E-state index < -0.39 is 46.6 Å². The van der Waals surface area contributed by atoms with Gasteiger partial charge in [-0.2, -0.15) is 0 Å². The van der Waals surface area contributed by atoms with E-state index >= 15 is 0 Å². The lowest BCUT2D eigenvalue weighted by atomic mass is 10.1. The van der Waals surface area contributed by atoms with Gasteiger partial charge in [-0.3, -0.25) is 0 Å². The first-order valence-corrected chi connectivity index (χ1v) is 6.20. The largest absolute Gasteiger partial charge is 0.465 e. The van der Waals surface area contributed by atoms with Crippen LogP contribution in [0, 0.1) is 29.1 Å². The third kappa shape index (κ3) is 3.05. The molecule has 0 amide bonds. The first kappa shape index (κ1) is 17.4. The van der Waals surface area contributed by atoms with Crippen LogP contribution in [-0.4, -0.2) is 19.0 Å². The van der Waals surface area contributed by atoms with Crippen molar-refractivity contribution in [1.82, 2.24) is 0 Å². The molecule has 0 unspecified atom stereocenters. The monoisotopic (exact) mass is 346 g/mol. The molecule has 0 spiro atoms. The number of hydrogen-bond donors (Lipinski definition) is 0. The maximum Gasteiger partial charge on any atom is 0.349 e. The van der Waals surface area contributed by atoms with Gasteiger partial charge in [0.25, 0.3) is 0 Å². The Kier molecular flexibility index (Phi) is 4.82. The van der Waals surface area contributed by atoms with Crippen LogP contribution in [0.25, 0.3) is 0 Å². The average molecular weight is 346 g/mol. The molecule has 24 heavy (non-hydrogen) atoms. The Morgan fingerprint density at radius 3 is 1.67 bits per heavy atom. The minimum atomic E-state index is -2.39. The second kappa shape index (κ2) is 6.65. The van der Waals surface area contributed by atoms with Gasteiger partial charge in [-0.25, -0.2) is 31.5 Å². The summed E-state index contributed by atoms with van der Waals surface area (Å²) >= 11 is 0. The number of halogens is 5. The zero-order valence-electron chi connectivity index (χ0n) is 11.8. The van der Waals surface area contributed by atoms with Crippen LogP contribution in [0.3, 0.4) is 0 Å². The minimum Gasteiger partial charge on any atom is -0.465 e. The Hall–Kier alpha value is -2.97. The fourth-order valence-electron chi connectivity index (χ4n) is 1.72. The number of ether oxygens (including phenoxy) is 2. The number of benzene rings is 2. The van der Waals surface area contributed by atoms with Crippen molar-refractivity contribution in [2.45, 2.75) is 0 Å². The molecule has 0 aliphatic carbocycles. The standard InChI is InChI=1S/C15H7F5O4/c1-23-14(21)6-2-4-7(5-3-6)24-15(22)8-9(16)11(18)13(20)12(19)10(8)17/h2-5H,1H3. The molecule has 2 rings (SSSR count). The first-order chi connectivity index (χ1) is 11.3. The molecule has 0 saturated heterocycles. The molecule has 9 heteroatoms. The van der Waals surface area contributed by atoms with Gasteiger partial charge in [0.2, 0.25) is 5.82 Å². The molecule has 0 saturated carbocycles. The van der Waals surface area contributed by atoms with E-state index in [9.17, 15) is 31.5 Å². The summed E-state index contributed by atoms with van der Waals surface area (Å²) in [7, 11) is 1.14. The van der Waals surface area contributed by atoms with Crippen LogP contribution in [0.1, 0.15) is 20.7 Å². The molecule has 0 aliphatic heterocycles.